The van der Waals surface area contributed by atoms with E-state index < -0.39 is 23.5 Å². The third-order valence-electron chi connectivity index (χ3n) is 4.95. The lowest BCUT2D eigenvalue weighted by molar-refractivity contribution is -0.130. The van der Waals surface area contributed by atoms with Crippen LogP contribution in [0.3, 0.4) is 0 Å². The lowest BCUT2D eigenvalue weighted by atomic mass is 9.90. The van der Waals surface area contributed by atoms with Crippen molar-refractivity contribution in [1.82, 2.24) is 5.32 Å². The summed E-state index contributed by atoms with van der Waals surface area (Å²) >= 11 is 1.32. The first kappa shape index (κ1) is 19.9. The number of carbonyl (C=O) groups is 2. The number of hydrogen-bond acceptors (Lipinski definition) is 6. The Bertz CT molecular complexity index is 960. The normalized spacial score (nSPS) is 15.3. The molecule has 6 nitrogen and oxygen atoms in total. The summed E-state index contributed by atoms with van der Waals surface area (Å²) in [6, 6.07) is 11.5. The number of carbonyl (C=O) groups excluding carboxylic acids is 2. The van der Waals surface area contributed by atoms with Crippen molar-refractivity contribution in [2.75, 3.05) is 0 Å². The van der Waals surface area contributed by atoms with Gasteiger partial charge in [0.1, 0.15) is 22.8 Å². The molecule has 2 atom stereocenters. The summed E-state index contributed by atoms with van der Waals surface area (Å²) in [4.78, 5) is 26.3. The number of para-hydroxylation sites is 1. The number of nitrogens with zero attached hydrogens (tertiary/aromatic N) is 1. The Balaban J connectivity index is 1.72. The second-order valence-electron chi connectivity index (χ2n) is 7.26. The molecule has 1 amide bonds. The average molecular weight is 398 g/mol. The summed E-state index contributed by atoms with van der Waals surface area (Å²) in [7, 11) is 0. The van der Waals surface area contributed by atoms with Gasteiger partial charge in [-0.25, -0.2) is 4.79 Å². The van der Waals surface area contributed by atoms with Gasteiger partial charge in [0.25, 0.3) is 5.91 Å². The molecule has 1 aromatic heterocycles. The van der Waals surface area contributed by atoms with E-state index in [2.05, 4.69) is 11.4 Å². The maximum absolute atomic E-state index is 12.6. The Morgan fingerprint density at radius 3 is 2.71 bits per heavy atom. The number of nitrogens with one attached hydrogen (secondary N) is 1. The van der Waals surface area contributed by atoms with E-state index >= 15 is 0 Å². The van der Waals surface area contributed by atoms with E-state index in [9.17, 15) is 14.9 Å². The summed E-state index contributed by atoms with van der Waals surface area (Å²) in [5.74, 6) is -0.369. The van der Waals surface area contributed by atoms with Gasteiger partial charge in [-0.05, 0) is 38.0 Å². The smallest absolute Gasteiger partial charge is 0.349 e. The molecule has 0 fully saturated rings. The lowest BCUT2D eigenvalue weighted by Crippen LogP contribution is -2.52. The molecule has 146 valence electrons. The van der Waals surface area contributed by atoms with Crippen molar-refractivity contribution in [3.05, 3.63) is 40.8 Å². The SMILES string of the molecule is CC(OC(=O)c1cc2c(s1)-c1ccccc1OC2)C(=O)NC(C)(C#N)C(C)C. The first-order valence-corrected chi connectivity index (χ1v) is 9.86. The van der Waals surface area contributed by atoms with Gasteiger partial charge in [-0.2, -0.15) is 5.26 Å². The Hall–Kier alpha value is -2.85. The van der Waals surface area contributed by atoms with E-state index in [0.717, 1.165) is 21.8 Å². The van der Waals surface area contributed by atoms with Crippen LogP contribution in [-0.4, -0.2) is 23.5 Å². The van der Waals surface area contributed by atoms with Crippen molar-refractivity contribution in [2.24, 2.45) is 5.92 Å². The lowest BCUT2D eigenvalue weighted by Gasteiger charge is -2.28. The van der Waals surface area contributed by atoms with Gasteiger partial charge < -0.3 is 14.8 Å². The molecule has 1 aliphatic heterocycles. The van der Waals surface area contributed by atoms with Crippen molar-refractivity contribution >= 4 is 23.2 Å². The van der Waals surface area contributed by atoms with Crippen molar-refractivity contribution in [3.8, 4) is 22.3 Å². The minimum atomic E-state index is -1.03. The largest absolute Gasteiger partial charge is 0.488 e. The van der Waals surface area contributed by atoms with Crippen LogP contribution in [0.15, 0.2) is 30.3 Å². The number of rotatable bonds is 5. The second-order valence-corrected chi connectivity index (χ2v) is 8.31. The third kappa shape index (κ3) is 3.73. The molecule has 28 heavy (non-hydrogen) atoms. The van der Waals surface area contributed by atoms with Crippen LogP contribution in [0.1, 0.15) is 42.9 Å². The molecular formula is C21H22N2O4S. The van der Waals surface area contributed by atoms with Crippen molar-refractivity contribution < 1.29 is 19.1 Å². The summed E-state index contributed by atoms with van der Waals surface area (Å²) < 4.78 is 11.1. The molecule has 2 heterocycles. The molecule has 2 aromatic rings. The topological polar surface area (TPSA) is 88.4 Å². The molecule has 0 bridgehead atoms. The number of esters is 1. The van der Waals surface area contributed by atoms with E-state index in [4.69, 9.17) is 9.47 Å². The zero-order chi connectivity index (χ0) is 20.5. The number of benzene rings is 1. The molecule has 0 aliphatic carbocycles. The first-order chi connectivity index (χ1) is 13.2. The maximum atomic E-state index is 12.6. The van der Waals surface area contributed by atoms with Crippen LogP contribution in [0.5, 0.6) is 5.75 Å². The number of nitriles is 1. The quantitative estimate of drug-likeness (QED) is 0.772. The summed E-state index contributed by atoms with van der Waals surface area (Å²) in [6.07, 6.45) is -1.01. The standard InChI is InChI=1S/C21H22N2O4S/c1-12(2)21(4,11-22)23-19(24)13(3)27-20(25)17-9-14-10-26-16-8-6-5-7-15(16)18(14)28-17/h5-9,12-13H,10H2,1-4H3,(H,23,24). The summed E-state index contributed by atoms with van der Waals surface area (Å²) in [5, 5.41) is 12.0. The highest BCUT2D eigenvalue weighted by atomic mass is 32.1. The van der Waals surface area contributed by atoms with Crippen LogP contribution in [0.2, 0.25) is 0 Å². The van der Waals surface area contributed by atoms with Crippen LogP contribution in [0.25, 0.3) is 10.4 Å². The minimum absolute atomic E-state index is 0.0894. The highest BCUT2D eigenvalue weighted by Gasteiger charge is 2.33. The van der Waals surface area contributed by atoms with Gasteiger partial charge in [-0.15, -0.1) is 11.3 Å². The maximum Gasteiger partial charge on any atom is 0.349 e. The molecule has 7 heteroatoms. The number of fused-ring (bicyclic) bond motifs is 3. The van der Waals surface area contributed by atoms with Crippen LogP contribution in [0, 0.1) is 17.2 Å². The van der Waals surface area contributed by atoms with Crippen molar-refractivity contribution in [2.45, 2.75) is 45.9 Å². The van der Waals surface area contributed by atoms with E-state index in [-0.39, 0.29) is 5.92 Å². The Kier molecular flexibility index (Phi) is 5.43. The van der Waals surface area contributed by atoms with E-state index in [1.807, 2.05) is 38.1 Å². The molecule has 1 N–H and O–H groups in total. The van der Waals surface area contributed by atoms with E-state index in [0.29, 0.717) is 11.5 Å². The Labute approximate surface area is 168 Å². The van der Waals surface area contributed by atoms with Crippen molar-refractivity contribution in [3.63, 3.8) is 0 Å². The molecule has 0 saturated carbocycles. The molecule has 2 unspecified atom stereocenters. The number of thiophene rings is 1. The zero-order valence-corrected chi connectivity index (χ0v) is 17.1. The van der Waals surface area contributed by atoms with Crippen molar-refractivity contribution in [1.29, 1.82) is 5.26 Å². The fourth-order valence-electron chi connectivity index (χ4n) is 2.73. The van der Waals surface area contributed by atoms with Gasteiger partial charge in [0.05, 0.1) is 6.07 Å². The fourth-order valence-corrected chi connectivity index (χ4v) is 3.81. The van der Waals surface area contributed by atoms with E-state index in [1.54, 1.807) is 13.0 Å². The van der Waals surface area contributed by atoms with Gasteiger partial charge in [-0.3, -0.25) is 4.79 Å². The Morgan fingerprint density at radius 1 is 1.32 bits per heavy atom. The summed E-state index contributed by atoms with van der Waals surface area (Å²) in [5.41, 5.74) is 0.839. The summed E-state index contributed by atoms with van der Waals surface area (Å²) in [6.45, 7) is 7.22. The van der Waals surface area contributed by atoms with Crippen LogP contribution >= 0.6 is 11.3 Å². The molecule has 0 radical (unpaired) electrons. The predicted molar refractivity (Wildman–Crippen MR) is 106 cm³/mol. The van der Waals surface area contributed by atoms with E-state index in [1.165, 1.54) is 18.3 Å². The minimum Gasteiger partial charge on any atom is -0.488 e. The van der Waals surface area contributed by atoms with Crippen LogP contribution < -0.4 is 10.1 Å². The monoisotopic (exact) mass is 398 g/mol. The Morgan fingerprint density at radius 2 is 2.04 bits per heavy atom. The van der Waals surface area contributed by atoms with Gasteiger partial charge in [0.2, 0.25) is 0 Å². The van der Waals surface area contributed by atoms with Crippen LogP contribution in [0.4, 0.5) is 0 Å². The van der Waals surface area contributed by atoms with Gasteiger partial charge >= 0.3 is 5.97 Å². The second kappa shape index (κ2) is 7.64. The van der Waals surface area contributed by atoms with Gasteiger partial charge in [0.15, 0.2) is 6.10 Å². The zero-order valence-electron chi connectivity index (χ0n) is 16.2. The highest BCUT2D eigenvalue weighted by Crippen LogP contribution is 2.42. The molecule has 0 saturated heterocycles. The molecular weight excluding hydrogens is 376 g/mol. The number of ether oxygens (including phenoxy) is 2. The first-order valence-electron chi connectivity index (χ1n) is 9.04. The number of hydrogen-bond donors (Lipinski definition) is 1. The van der Waals surface area contributed by atoms with Gasteiger partial charge in [0, 0.05) is 16.0 Å². The molecule has 1 aliphatic rings. The molecule has 0 spiro atoms. The third-order valence-corrected chi connectivity index (χ3v) is 6.14. The van der Waals surface area contributed by atoms with Crippen LogP contribution in [-0.2, 0) is 16.1 Å². The predicted octanol–water partition coefficient (Wildman–Crippen LogP) is 3.91. The fraction of sp³-hybridized carbons (Fsp3) is 0.381. The average Bonchev–Trinajstić information content (AvgIpc) is 3.12. The van der Waals surface area contributed by atoms with Gasteiger partial charge in [-0.1, -0.05) is 26.0 Å². The number of amides is 1. The molecule has 1 aromatic carbocycles. The molecule has 3 rings (SSSR count). The highest BCUT2D eigenvalue weighted by molar-refractivity contribution is 7.17.